The van der Waals surface area contributed by atoms with Crippen LogP contribution in [-0.4, -0.2) is 14.2 Å². The van der Waals surface area contributed by atoms with Gasteiger partial charge in [0, 0.05) is 6.54 Å². The van der Waals surface area contributed by atoms with E-state index in [1.807, 2.05) is 30.3 Å². The normalized spacial score (nSPS) is 13.5. The summed E-state index contributed by atoms with van der Waals surface area (Å²) in [5, 5.41) is 0. The van der Waals surface area contributed by atoms with Crippen molar-refractivity contribution >= 4 is 10.0 Å². The van der Waals surface area contributed by atoms with Gasteiger partial charge in [0.15, 0.2) is 0 Å². The molecule has 1 unspecified atom stereocenters. The van der Waals surface area contributed by atoms with Crippen LogP contribution in [0.1, 0.15) is 32.3 Å². The highest BCUT2D eigenvalue weighted by molar-refractivity contribution is 7.89. The fourth-order valence-electron chi connectivity index (χ4n) is 1.42. The summed E-state index contributed by atoms with van der Waals surface area (Å²) in [7, 11) is -3.13. The van der Waals surface area contributed by atoms with E-state index in [1.165, 1.54) is 0 Å². The van der Waals surface area contributed by atoms with Gasteiger partial charge in [-0.15, -0.1) is 0 Å². The van der Waals surface area contributed by atoms with E-state index < -0.39 is 10.0 Å². The SMILES string of the molecule is CCC(C)CCS(=O)(=O)NCc1ccccc1. The molecule has 0 aromatic heterocycles. The molecule has 17 heavy (non-hydrogen) atoms. The van der Waals surface area contributed by atoms with Crippen LogP contribution in [0.2, 0.25) is 0 Å². The quantitative estimate of drug-likeness (QED) is 0.814. The predicted molar refractivity (Wildman–Crippen MR) is 71.1 cm³/mol. The van der Waals surface area contributed by atoms with Crippen LogP contribution < -0.4 is 4.72 Å². The topological polar surface area (TPSA) is 46.2 Å². The molecule has 1 N–H and O–H groups in total. The molecule has 0 bridgehead atoms. The first kappa shape index (κ1) is 14.2. The van der Waals surface area contributed by atoms with E-state index >= 15 is 0 Å². The van der Waals surface area contributed by atoms with Crippen LogP contribution in [0.25, 0.3) is 0 Å². The first-order valence-corrected chi connectivity index (χ1v) is 7.70. The van der Waals surface area contributed by atoms with Gasteiger partial charge in [-0.2, -0.15) is 0 Å². The smallest absolute Gasteiger partial charge is 0.211 e. The van der Waals surface area contributed by atoms with Gasteiger partial charge in [0.25, 0.3) is 0 Å². The van der Waals surface area contributed by atoms with E-state index in [9.17, 15) is 8.42 Å². The van der Waals surface area contributed by atoms with Crippen molar-refractivity contribution in [2.24, 2.45) is 5.92 Å². The van der Waals surface area contributed by atoms with E-state index in [-0.39, 0.29) is 5.75 Å². The van der Waals surface area contributed by atoms with Crippen LogP contribution in [0.4, 0.5) is 0 Å². The van der Waals surface area contributed by atoms with Crippen molar-refractivity contribution in [2.75, 3.05) is 5.75 Å². The van der Waals surface area contributed by atoms with Crippen LogP contribution in [0.15, 0.2) is 30.3 Å². The van der Waals surface area contributed by atoms with Gasteiger partial charge in [-0.3, -0.25) is 0 Å². The summed E-state index contributed by atoms with van der Waals surface area (Å²) in [6.45, 7) is 4.53. The summed E-state index contributed by atoms with van der Waals surface area (Å²) in [5.74, 6) is 0.678. The first-order valence-electron chi connectivity index (χ1n) is 6.04. The molecule has 4 heteroatoms. The van der Waals surface area contributed by atoms with Crippen molar-refractivity contribution in [1.29, 1.82) is 0 Å². The Bertz CT molecular complexity index is 414. The molecule has 0 aliphatic rings. The molecular weight excluding hydrogens is 234 g/mol. The molecule has 0 radical (unpaired) electrons. The number of hydrogen-bond acceptors (Lipinski definition) is 2. The van der Waals surface area contributed by atoms with Gasteiger partial charge in [0.1, 0.15) is 0 Å². The Morgan fingerprint density at radius 1 is 1.24 bits per heavy atom. The van der Waals surface area contributed by atoms with Crippen molar-refractivity contribution < 1.29 is 8.42 Å². The molecular formula is C13H21NO2S. The van der Waals surface area contributed by atoms with Crippen molar-refractivity contribution in [3.8, 4) is 0 Å². The predicted octanol–water partition coefficient (Wildman–Crippen LogP) is 2.54. The summed E-state index contributed by atoms with van der Waals surface area (Å²) >= 11 is 0. The lowest BCUT2D eigenvalue weighted by molar-refractivity contribution is 0.527. The molecule has 0 aliphatic heterocycles. The Morgan fingerprint density at radius 2 is 1.88 bits per heavy atom. The molecule has 1 aromatic rings. The van der Waals surface area contributed by atoms with Gasteiger partial charge in [-0.05, 0) is 17.9 Å². The van der Waals surface area contributed by atoms with E-state index in [4.69, 9.17) is 0 Å². The number of nitrogens with one attached hydrogen (secondary N) is 1. The molecule has 0 fully saturated rings. The summed E-state index contributed by atoms with van der Waals surface area (Å²) in [4.78, 5) is 0. The third-order valence-corrected chi connectivity index (χ3v) is 4.27. The molecule has 1 rings (SSSR count). The summed E-state index contributed by atoms with van der Waals surface area (Å²) in [6.07, 6.45) is 1.74. The lowest BCUT2D eigenvalue weighted by Crippen LogP contribution is -2.26. The first-order chi connectivity index (χ1) is 8.03. The molecule has 96 valence electrons. The van der Waals surface area contributed by atoms with E-state index in [0.717, 1.165) is 18.4 Å². The average Bonchev–Trinajstić information content (AvgIpc) is 2.35. The largest absolute Gasteiger partial charge is 0.212 e. The molecule has 0 amide bonds. The Labute approximate surface area is 104 Å². The van der Waals surface area contributed by atoms with E-state index in [2.05, 4.69) is 18.6 Å². The van der Waals surface area contributed by atoms with Crippen molar-refractivity contribution in [2.45, 2.75) is 33.2 Å². The van der Waals surface area contributed by atoms with Crippen LogP contribution in [0, 0.1) is 5.92 Å². The lowest BCUT2D eigenvalue weighted by Gasteiger charge is -2.10. The van der Waals surface area contributed by atoms with Crippen molar-refractivity contribution in [3.63, 3.8) is 0 Å². The van der Waals surface area contributed by atoms with Gasteiger partial charge in [-0.25, -0.2) is 13.1 Å². The average molecular weight is 255 g/mol. The fraction of sp³-hybridized carbons (Fsp3) is 0.538. The molecule has 0 saturated carbocycles. The van der Waals surface area contributed by atoms with Crippen molar-refractivity contribution in [1.82, 2.24) is 4.72 Å². The Balaban J connectivity index is 2.40. The molecule has 0 saturated heterocycles. The fourth-order valence-corrected chi connectivity index (χ4v) is 2.67. The zero-order chi connectivity index (χ0) is 12.7. The van der Waals surface area contributed by atoms with E-state index in [0.29, 0.717) is 12.5 Å². The second-order valence-electron chi connectivity index (χ2n) is 4.43. The van der Waals surface area contributed by atoms with Crippen LogP contribution in [0.3, 0.4) is 0 Å². The second-order valence-corrected chi connectivity index (χ2v) is 6.35. The Kier molecular flexibility index (Phi) is 5.65. The monoisotopic (exact) mass is 255 g/mol. The van der Waals surface area contributed by atoms with Gasteiger partial charge < -0.3 is 0 Å². The standard InChI is InChI=1S/C13H21NO2S/c1-3-12(2)9-10-17(15,16)14-11-13-7-5-4-6-8-13/h4-8,12,14H,3,9-11H2,1-2H3. The highest BCUT2D eigenvalue weighted by atomic mass is 32.2. The third-order valence-electron chi connectivity index (χ3n) is 2.92. The summed E-state index contributed by atoms with van der Waals surface area (Å²) in [6, 6.07) is 9.56. The minimum absolute atomic E-state index is 0.217. The number of benzene rings is 1. The maximum atomic E-state index is 11.7. The molecule has 0 heterocycles. The lowest BCUT2D eigenvalue weighted by atomic mass is 10.1. The number of sulfonamides is 1. The minimum atomic E-state index is -3.13. The molecule has 1 aromatic carbocycles. The number of rotatable bonds is 7. The third kappa shape index (κ3) is 5.84. The summed E-state index contributed by atoms with van der Waals surface area (Å²) in [5.41, 5.74) is 0.986. The Hall–Kier alpha value is -0.870. The second kappa shape index (κ2) is 6.77. The molecule has 3 nitrogen and oxygen atoms in total. The van der Waals surface area contributed by atoms with Gasteiger partial charge in [-0.1, -0.05) is 50.6 Å². The van der Waals surface area contributed by atoms with Crippen molar-refractivity contribution in [3.05, 3.63) is 35.9 Å². The maximum Gasteiger partial charge on any atom is 0.211 e. The van der Waals surface area contributed by atoms with E-state index in [1.54, 1.807) is 0 Å². The summed E-state index contributed by atoms with van der Waals surface area (Å²) < 4.78 is 26.1. The zero-order valence-electron chi connectivity index (χ0n) is 10.5. The molecule has 0 aliphatic carbocycles. The number of hydrogen-bond donors (Lipinski definition) is 1. The van der Waals surface area contributed by atoms with Crippen LogP contribution >= 0.6 is 0 Å². The van der Waals surface area contributed by atoms with Gasteiger partial charge >= 0.3 is 0 Å². The van der Waals surface area contributed by atoms with Gasteiger partial charge in [0.05, 0.1) is 5.75 Å². The van der Waals surface area contributed by atoms with Crippen LogP contribution in [-0.2, 0) is 16.6 Å². The van der Waals surface area contributed by atoms with Crippen LogP contribution in [0.5, 0.6) is 0 Å². The minimum Gasteiger partial charge on any atom is -0.212 e. The molecule has 0 spiro atoms. The maximum absolute atomic E-state index is 11.7. The van der Waals surface area contributed by atoms with Gasteiger partial charge in [0.2, 0.25) is 10.0 Å². The highest BCUT2D eigenvalue weighted by Crippen LogP contribution is 2.08. The Morgan fingerprint density at radius 3 is 2.47 bits per heavy atom. The zero-order valence-corrected chi connectivity index (χ0v) is 11.3. The highest BCUT2D eigenvalue weighted by Gasteiger charge is 2.11. The molecule has 1 atom stereocenters.